The molecular weight excluding hydrogens is 312 g/mol. The van der Waals surface area contributed by atoms with Crippen LogP contribution in [0.2, 0.25) is 0 Å². The highest BCUT2D eigenvalue weighted by Gasteiger charge is 2.39. The summed E-state index contributed by atoms with van der Waals surface area (Å²) in [6.45, 7) is 0. The van der Waals surface area contributed by atoms with Crippen molar-refractivity contribution in [3.63, 3.8) is 0 Å². The molecule has 2 aliphatic rings. The lowest BCUT2D eigenvalue weighted by molar-refractivity contribution is -0.114. The van der Waals surface area contributed by atoms with Crippen LogP contribution in [0.1, 0.15) is 28.4 Å². The molecule has 0 saturated heterocycles. The number of rotatable bonds is 0. The molecule has 0 saturated carbocycles. The summed E-state index contributed by atoms with van der Waals surface area (Å²) in [6.07, 6.45) is 1.25. The van der Waals surface area contributed by atoms with E-state index in [1.54, 1.807) is 0 Å². The standard InChI is InChI=1S/C18H12O6/c19-7-4-5-8-10(6-7)17(23)13-14(15(8)21)18(24)12-9(16(13)22)2-1-3-11(12)20/h1-3,5-6,15,20-22,24H,4H2. The zero-order valence-electron chi connectivity index (χ0n) is 12.3. The number of allylic oxidation sites excluding steroid dienone is 2. The van der Waals surface area contributed by atoms with Gasteiger partial charge in [-0.1, -0.05) is 18.2 Å². The minimum absolute atomic E-state index is 0.0143. The fourth-order valence-electron chi connectivity index (χ4n) is 3.37. The van der Waals surface area contributed by atoms with Crippen molar-refractivity contribution in [2.45, 2.75) is 12.5 Å². The minimum atomic E-state index is -1.38. The van der Waals surface area contributed by atoms with Crippen LogP contribution in [0.3, 0.4) is 0 Å². The average Bonchev–Trinajstić information content (AvgIpc) is 2.55. The van der Waals surface area contributed by atoms with Crippen LogP contribution >= 0.6 is 0 Å². The molecule has 0 aliphatic heterocycles. The highest BCUT2D eigenvalue weighted by atomic mass is 16.3. The van der Waals surface area contributed by atoms with Gasteiger partial charge in [0, 0.05) is 22.9 Å². The number of hydrogen-bond donors (Lipinski definition) is 4. The molecule has 2 aromatic rings. The van der Waals surface area contributed by atoms with E-state index in [9.17, 15) is 30.0 Å². The lowest BCUT2D eigenvalue weighted by Crippen LogP contribution is -2.24. The van der Waals surface area contributed by atoms with Crippen molar-refractivity contribution in [2.24, 2.45) is 0 Å². The van der Waals surface area contributed by atoms with E-state index in [4.69, 9.17) is 0 Å². The van der Waals surface area contributed by atoms with Gasteiger partial charge in [0.1, 0.15) is 23.4 Å². The van der Waals surface area contributed by atoms with Gasteiger partial charge in [0.25, 0.3) is 0 Å². The number of aliphatic hydroxyl groups is 1. The third-order valence-corrected chi connectivity index (χ3v) is 4.47. The molecule has 0 aromatic heterocycles. The molecule has 0 amide bonds. The largest absolute Gasteiger partial charge is 0.507 e. The summed E-state index contributed by atoms with van der Waals surface area (Å²) in [7, 11) is 0. The first-order chi connectivity index (χ1) is 11.4. The van der Waals surface area contributed by atoms with Crippen molar-refractivity contribution >= 4 is 22.3 Å². The minimum Gasteiger partial charge on any atom is -0.507 e. The Balaban J connectivity index is 2.16. The predicted molar refractivity (Wildman–Crippen MR) is 84.0 cm³/mol. The number of phenols is 3. The smallest absolute Gasteiger partial charge is 0.197 e. The Hall–Kier alpha value is -3.12. The van der Waals surface area contributed by atoms with Gasteiger partial charge in [-0.05, 0) is 17.7 Å². The topological polar surface area (TPSA) is 115 Å². The van der Waals surface area contributed by atoms with Gasteiger partial charge in [-0.15, -0.1) is 0 Å². The van der Waals surface area contributed by atoms with Gasteiger partial charge in [-0.3, -0.25) is 9.59 Å². The maximum atomic E-state index is 12.7. The number of ketones is 2. The Morgan fingerprint density at radius 3 is 2.54 bits per heavy atom. The molecule has 1 unspecified atom stereocenters. The van der Waals surface area contributed by atoms with Gasteiger partial charge in [0.2, 0.25) is 0 Å². The van der Waals surface area contributed by atoms with Crippen LogP contribution in [0, 0.1) is 0 Å². The van der Waals surface area contributed by atoms with E-state index in [1.165, 1.54) is 24.3 Å². The quantitative estimate of drug-likeness (QED) is 0.551. The summed E-state index contributed by atoms with van der Waals surface area (Å²) < 4.78 is 0. The SMILES string of the molecule is O=C1C=C2C(=O)c3c(c(O)c4c(O)cccc4c3O)C(O)C2=CC1. The third-order valence-electron chi connectivity index (χ3n) is 4.47. The molecule has 6 nitrogen and oxygen atoms in total. The van der Waals surface area contributed by atoms with E-state index in [-0.39, 0.29) is 51.0 Å². The molecule has 2 aromatic carbocycles. The Bertz CT molecular complexity index is 1010. The second-order valence-corrected chi connectivity index (χ2v) is 5.81. The Morgan fingerprint density at radius 1 is 1.04 bits per heavy atom. The molecule has 0 bridgehead atoms. The molecule has 4 N–H and O–H groups in total. The van der Waals surface area contributed by atoms with E-state index in [1.807, 2.05) is 0 Å². The Morgan fingerprint density at radius 2 is 1.79 bits per heavy atom. The molecule has 24 heavy (non-hydrogen) atoms. The van der Waals surface area contributed by atoms with Crippen LogP contribution in [0.25, 0.3) is 10.8 Å². The van der Waals surface area contributed by atoms with Crippen molar-refractivity contribution in [1.29, 1.82) is 0 Å². The van der Waals surface area contributed by atoms with Crippen LogP contribution in [0.4, 0.5) is 0 Å². The molecule has 0 radical (unpaired) electrons. The number of carbonyl (C=O) groups excluding carboxylic acids is 2. The molecule has 0 fully saturated rings. The van der Waals surface area contributed by atoms with E-state index in [0.717, 1.165) is 6.08 Å². The Labute approximate surface area is 135 Å². The third kappa shape index (κ3) is 1.68. The van der Waals surface area contributed by atoms with Crippen molar-refractivity contribution in [3.8, 4) is 17.2 Å². The summed E-state index contributed by atoms with van der Waals surface area (Å²) in [6, 6.07) is 4.23. The normalized spacial score (nSPS) is 19.6. The van der Waals surface area contributed by atoms with Gasteiger partial charge < -0.3 is 20.4 Å². The summed E-state index contributed by atoms with van der Waals surface area (Å²) in [5.41, 5.74) is -0.183. The van der Waals surface area contributed by atoms with E-state index >= 15 is 0 Å². The maximum absolute atomic E-state index is 12.7. The van der Waals surface area contributed by atoms with Crippen LogP contribution < -0.4 is 0 Å². The fraction of sp³-hybridized carbons (Fsp3) is 0.111. The molecule has 6 heteroatoms. The van der Waals surface area contributed by atoms with Gasteiger partial charge in [0.05, 0.1) is 10.9 Å². The first-order valence-electron chi connectivity index (χ1n) is 7.29. The van der Waals surface area contributed by atoms with Crippen molar-refractivity contribution in [3.05, 3.63) is 52.6 Å². The van der Waals surface area contributed by atoms with Crippen molar-refractivity contribution in [1.82, 2.24) is 0 Å². The zero-order chi connectivity index (χ0) is 17.2. The van der Waals surface area contributed by atoms with Crippen LogP contribution in [0.15, 0.2) is 41.5 Å². The van der Waals surface area contributed by atoms with Crippen LogP contribution in [0.5, 0.6) is 17.2 Å². The average molecular weight is 324 g/mol. The number of Topliss-reactive ketones (excluding diaryl/α,β-unsaturated/α-hetero) is 1. The summed E-state index contributed by atoms with van der Waals surface area (Å²) in [5, 5.41) is 41.7. The van der Waals surface area contributed by atoms with E-state index in [2.05, 4.69) is 0 Å². The Kier molecular flexibility index (Phi) is 2.83. The summed E-state index contributed by atoms with van der Waals surface area (Å²) in [5.74, 6) is -2.12. The number of carbonyl (C=O) groups is 2. The highest BCUT2D eigenvalue weighted by Crippen LogP contribution is 2.51. The molecule has 1 atom stereocenters. The van der Waals surface area contributed by atoms with Crippen LogP contribution in [-0.4, -0.2) is 32.0 Å². The number of hydrogen-bond acceptors (Lipinski definition) is 6. The highest BCUT2D eigenvalue weighted by molar-refractivity contribution is 6.22. The van der Waals surface area contributed by atoms with Gasteiger partial charge in [-0.2, -0.15) is 0 Å². The molecule has 120 valence electrons. The fourth-order valence-corrected chi connectivity index (χ4v) is 3.37. The van der Waals surface area contributed by atoms with Gasteiger partial charge >= 0.3 is 0 Å². The van der Waals surface area contributed by atoms with E-state index in [0.29, 0.717) is 0 Å². The molecule has 4 rings (SSSR count). The van der Waals surface area contributed by atoms with E-state index < -0.39 is 23.4 Å². The number of benzene rings is 2. The first kappa shape index (κ1) is 14.5. The summed E-state index contributed by atoms with van der Waals surface area (Å²) >= 11 is 0. The second-order valence-electron chi connectivity index (χ2n) is 5.81. The maximum Gasteiger partial charge on any atom is 0.197 e. The lowest BCUT2D eigenvalue weighted by Gasteiger charge is -2.29. The zero-order valence-corrected chi connectivity index (χ0v) is 12.3. The van der Waals surface area contributed by atoms with Crippen molar-refractivity contribution < 1.29 is 30.0 Å². The first-order valence-corrected chi connectivity index (χ1v) is 7.29. The summed E-state index contributed by atoms with van der Waals surface area (Å²) in [4.78, 5) is 24.3. The number of aliphatic hydroxyl groups excluding tert-OH is 1. The lowest BCUT2D eigenvalue weighted by atomic mass is 9.76. The van der Waals surface area contributed by atoms with Gasteiger partial charge in [-0.25, -0.2) is 0 Å². The second kappa shape index (κ2) is 4.69. The van der Waals surface area contributed by atoms with Gasteiger partial charge in [0.15, 0.2) is 11.6 Å². The predicted octanol–water partition coefficient (Wildman–Crippen LogP) is 2.01. The molecule has 0 heterocycles. The number of aromatic hydroxyl groups is 3. The number of fused-ring (bicyclic) bond motifs is 3. The molecule has 2 aliphatic carbocycles. The number of phenolic OH excluding ortho intramolecular Hbond substituents is 3. The molecule has 0 spiro atoms. The van der Waals surface area contributed by atoms with Crippen molar-refractivity contribution in [2.75, 3.05) is 0 Å². The monoisotopic (exact) mass is 324 g/mol. The van der Waals surface area contributed by atoms with Crippen LogP contribution in [-0.2, 0) is 4.79 Å². The molecular formula is C18H12O6.